The molecule has 1 aromatic heterocycles. The lowest BCUT2D eigenvalue weighted by atomic mass is 10.1. The monoisotopic (exact) mass is 300 g/mol. The van der Waals surface area contributed by atoms with Crippen LogP contribution in [0.3, 0.4) is 0 Å². The summed E-state index contributed by atoms with van der Waals surface area (Å²) in [5.74, 6) is 0.590. The zero-order valence-corrected chi connectivity index (χ0v) is 13.1. The Morgan fingerprint density at radius 3 is 2.64 bits per heavy atom. The summed E-state index contributed by atoms with van der Waals surface area (Å²) in [5.41, 5.74) is 0.437. The molecule has 1 aliphatic heterocycles. The molecule has 5 nitrogen and oxygen atoms in total. The van der Waals surface area contributed by atoms with Crippen LogP contribution in [0.15, 0.2) is 36.4 Å². The Hall–Kier alpha value is -2.30. The van der Waals surface area contributed by atoms with Gasteiger partial charge in [0.2, 0.25) is 5.88 Å². The first-order chi connectivity index (χ1) is 10.4. The number of likely N-dealkylation sites (tertiary alicyclic amines) is 1. The van der Waals surface area contributed by atoms with E-state index in [0.717, 1.165) is 10.9 Å². The van der Waals surface area contributed by atoms with Crippen LogP contribution in [0.2, 0.25) is 0 Å². The van der Waals surface area contributed by atoms with Crippen molar-refractivity contribution in [3.63, 3.8) is 0 Å². The number of hydrogen-bond acceptors (Lipinski definition) is 4. The van der Waals surface area contributed by atoms with Crippen molar-refractivity contribution in [2.45, 2.75) is 32.5 Å². The highest BCUT2D eigenvalue weighted by Crippen LogP contribution is 2.21. The van der Waals surface area contributed by atoms with Gasteiger partial charge in [-0.3, -0.25) is 0 Å². The lowest BCUT2D eigenvalue weighted by Crippen LogP contribution is -2.57. The van der Waals surface area contributed by atoms with Crippen LogP contribution in [0.1, 0.15) is 20.8 Å². The van der Waals surface area contributed by atoms with Crippen LogP contribution >= 0.6 is 0 Å². The van der Waals surface area contributed by atoms with Crippen molar-refractivity contribution in [1.82, 2.24) is 9.88 Å². The smallest absolute Gasteiger partial charge is 0.410 e. The highest BCUT2D eigenvalue weighted by molar-refractivity contribution is 5.78. The molecule has 0 spiro atoms. The molecule has 0 N–H and O–H groups in total. The fourth-order valence-electron chi connectivity index (χ4n) is 2.27. The predicted octanol–water partition coefficient (Wildman–Crippen LogP) is 3.23. The Morgan fingerprint density at radius 1 is 1.18 bits per heavy atom. The van der Waals surface area contributed by atoms with E-state index in [9.17, 15) is 4.79 Å². The highest BCUT2D eigenvalue weighted by Gasteiger charge is 2.35. The van der Waals surface area contributed by atoms with Crippen LogP contribution in [-0.4, -0.2) is 40.8 Å². The molecule has 0 unspecified atom stereocenters. The number of para-hydroxylation sites is 1. The van der Waals surface area contributed by atoms with Gasteiger partial charge in [0.15, 0.2) is 0 Å². The van der Waals surface area contributed by atoms with Gasteiger partial charge in [-0.05, 0) is 32.9 Å². The number of nitrogens with zero attached hydrogens (tertiary/aromatic N) is 2. The Bertz CT molecular complexity index is 688. The molecule has 0 atom stereocenters. The summed E-state index contributed by atoms with van der Waals surface area (Å²) in [5, 5.41) is 1.08. The standard InChI is InChI=1S/C17H20N2O3/c1-17(2,3)22-16(20)19-10-13(11-19)21-15-9-8-12-6-4-5-7-14(12)18-15/h4-9,13H,10-11H2,1-3H3. The topological polar surface area (TPSA) is 51.7 Å². The van der Waals surface area contributed by atoms with Crippen molar-refractivity contribution in [2.75, 3.05) is 13.1 Å². The third-order valence-electron chi connectivity index (χ3n) is 3.36. The number of carbonyl (C=O) groups excluding carboxylic acids is 1. The van der Waals surface area contributed by atoms with Gasteiger partial charge in [-0.1, -0.05) is 18.2 Å². The maximum Gasteiger partial charge on any atom is 0.410 e. The van der Waals surface area contributed by atoms with Crippen LogP contribution < -0.4 is 4.74 Å². The van der Waals surface area contributed by atoms with Crippen LogP contribution in [-0.2, 0) is 4.74 Å². The number of aromatic nitrogens is 1. The predicted molar refractivity (Wildman–Crippen MR) is 84.0 cm³/mol. The highest BCUT2D eigenvalue weighted by atomic mass is 16.6. The third kappa shape index (κ3) is 3.30. The first-order valence-electron chi connectivity index (χ1n) is 7.41. The van der Waals surface area contributed by atoms with Gasteiger partial charge >= 0.3 is 6.09 Å². The number of rotatable bonds is 2. The molecule has 0 bridgehead atoms. The van der Waals surface area contributed by atoms with Gasteiger partial charge < -0.3 is 14.4 Å². The number of benzene rings is 1. The molecule has 1 amide bonds. The van der Waals surface area contributed by atoms with E-state index < -0.39 is 5.60 Å². The molecule has 1 aliphatic rings. The summed E-state index contributed by atoms with van der Waals surface area (Å²) >= 11 is 0. The molecule has 1 saturated heterocycles. The molecule has 22 heavy (non-hydrogen) atoms. The maximum absolute atomic E-state index is 11.8. The summed E-state index contributed by atoms with van der Waals surface area (Å²) in [4.78, 5) is 18.0. The zero-order valence-electron chi connectivity index (χ0n) is 13.1. The molecule has 1 fully saturated rings. The lowest BCUT2D eigenvalue weighted by molar-refractivity contribution is -0.0231. The number of hydrogen-bond donors (Lipinski definition) is 0. The van der Waals surface area contributed by atoms with Gasteiger partial charge in [-0.15, -0.1) is 0 Å². The molecule has 3 rings (SSSR count). The van der Waals surface area contributed by atoms with Gasteiger partial charge in [0.25, 0.3) is 0 Å². The quantitative estimate of drug-likeness (QED) is 0.854. The van der Waals surface area contributed by atoms with E-state index in [4.69, 9.17) is 9.47 Å². The summed E-state index contributed by atoms with van der Waals surface area (Å²) in [7, 11) is 0. The molecular formula is C17H20N2O3. The minimum Gasteiger partial charge on any atom is -0.471 e. The van der Waals surface area contributed by atoms with E-state index >= 15 is 0 Å². The number of carbonyl (C=O) groups is 1. The third-order valence-corrected chi connectivity index (χ3v) is 3.36. The van der Waals surface area contributed by atoms with Crippen molar-refractivity contribution < 1.29 is 14.3 Å². The molecule has 0 saturated carbocycles. The molecular weight excluding hydrogens is 280 g/mol. The maximum atomic E-state index is 11.8. The van der Waals surface area contributed by atoms with Gasteiger partial charge in [0, 0.05) is 11.5 Å². The largest absolute Gasteiger partial charge is 0.471 e. The summed E-state index contributed by atoms with van der Waals surface area (Å²) < 4.78 is 11.1. The number of amides is 1. The Kier molecular flexibility index (Phi) is 3.64. The van der Waals surface area contributed by atoms with Crippen molar-refractivity contribution >= 4 is 17.0 Å². The van der Waals surface area contributed by atoms with Gasteiger partial charge in [0.1, 0.15) is 11.7 Å². The van der Waals surface area contributed by atoms with E-state index in [1.54, 1.807) is 4.90 Å². The van der Waals surface area contributed by atoms with Gasteiger partial charge in [-0.25, -0.2) is 9.78 Å². The summed E-state index contributed by atoms with van der Waals surface area (Å²) in [6, 6.07) is 11.7. The molecule has 2 heterocycles. The van der Waals surface area contributed by atoms with Gasteiger partial charge in [0.05, 0.1) is 18.6 Å². The molecule has 116 valence electrons. The first-order valence-corrected chi connectivity index (χ1v) is 7.41. The minimum absolute atomic E-state index is 0.0267. The number of ether oxygens (including phenoxy) is 2. The average Bonchev–Trinajstić information content (AvgIpc) is 2.40. The second-order valence-corrected chi connectivity index (χ2v) is 6.47. The van der Waals surface area contributed by atoms with Crippen molar-refractivity contribution in [3.05, 3.63) is 36.4 Å². The lowest BCUT2D eigenvalue weighted by Gasteiger charge is -2.39. The molecule has 1 aromatic carbocycles. The Balaban J connectivity index is 1.56. The SMILES string of the molecule is CC(C)(C)OC(=O)N1CC(Oc2ccc3ccccc3n2)C1. The van der Waals surface area contributed by atoms with E-state index in [2.05, 4.69) is 4.98 Å². The van der Waals surface area contributed by atoms with E-state index in [-0.39, 0.29) is 12.2 Å². The molecule has 0 aliphatic carbocycles. The molecule has 5 heteroatoms. The number of pyridine rings is 1. The van der Waals surface area contributed by atoms with Crippen molar-refractivity contribution in [2.24, 2.45) is 0 Å². The second kappa shape index (κ2) is 5.48. The van der Waals surface area contributed by atoms with Crippen LogP contribution in [0, 0.1) is 0 Å². The summed E-state index contributed by atoms with van der Waals surface area (Å²) in [6.45, 7) is 6.64. The van der Waals surface area contributed by atoms with E-state index in [0.29, 0.717) is 19.0 Å². The van der Waals surface area contributed by atoms with Crippen molar-refractivity contribution in [1.29, 1.82) is 0 Å². The molecule has 0 radical (unpaired) electrons. The zero-order chi connectivity index (χ0) is 15.7. The number of fused-ring (bicyclic) bond motifs is 1. The molecule has 2 aromatic rings. The van der Waals surface area contributed by atoms with E-state index in [1.165, 1.54) is 0 Å². The van der Waals surface area contributed by atoms with E-state index in [1.807, 2.05) is 57.2 Å². The normalized spacial score (nSPS) is 15.5. The van der Waals surface area contributed by atoms with Crippen LogP contribution in [0.25, 0.3) is 10.9 Å². The summed E-state index contributed by atoms with van der Waals surface area (Å²) in [6.07, 6.45) is -0.319. The second-order valence-electron chi connectivity index (χ2n) is 6.47. The fraction of sp³-hybridized carbons (Fsp3) is 0.412. The first kappa shape index (κ1) is 14.6. The van der Waals surface area contributed by atoms with Crippen LogP contribution in [0.4, 0.5) is 4.79 Å². The minimum atomic E-state index is -0.469. The van der Waals surface area contributed by atoms with Crippen LogP contribution in [0.5, 0.6) is 5.88 Å². The fourth-order valence-corrected chi connectivity index (χ4v) is 2.27. The average molecular weight is 300 g/mol. The van der Waals surface area contributed by atoms with Gasteiger partial charge in [-0.2, -0.15) is 0 Å². The Morgan fingerprint density at radius 2 is 1.91 bits per heavy atom. The Labute approximate surface area is 129 Å². The van der Waals surface area contributed by atoms with Crippen molar-refractivity contribution in [3.8, 4) is 5.88 Å².